The summed E-state index contributed by atoms with van der Waals surface area (Å²) in [4.78, 5) is 23.2. The fraction of sp³-hybridized carbons (Fsp3) is 0.462. The predicted molar refractivity (Wildman–Crippen MR) is 74.4 cm³/mol. The Labute approximate surface area is 116 Å². The lowest BCUT2D eigenvalue weighted by Gasteiger charge is -2.24. The molecule has 7 heteroatoms. The molecule has 1 rings (SSSR count). The topological polar surface area (TPSA) is 92.9 Å². The van der Waals surface area contributed by atoms with E-state index in [0.717, 1.165) is 6.07 Å². The van der Waals surface area contributed by atoms with Crippen molar-refractivity contribution < 1.29 is 19.6 Å². The van der Waals surface area contributed by atoms with Crippen LogP contribution in [0.2, 0.25) is 0 Å². The zero-order valence-corrected chi connectivity index (χ0v) is 11.5. The Kier molecular flexibility index (Phi) is 5.92. The monoisotopic (exact) mass is 282 g/mol. The molecule has 0 atom stereocenters. The molecule has 0 aliphatic carbocycles. The SMILES string of the molecule is CCOCCN(CC)c1ccc([N+](=O)[O-])cc1C(=O)O. The van der Waals surface area contributed by atoms with Crippen LogP contribution in [0.5, 0.6) is 0 Å². The maximum Gasteiger partial charge on any atom is 0.338 e. The molecule has 0 spiro atoms. The van der Waals surface area contributed by atoms with Gasteiger partial charge in [-0.3, -0.25) is 10.1 Å². The van der Waals surface area contributed by atoms with Crippen molar-refractivity contribution in [3.8, 4) is 0 Å². The number of benzene rings is 1. The molecular formula is C13H18N2O5. The first-order valence-electron chi connectivity index (χ1n) is 6.35. The number of non-ortho nitro benzene ring substituents is 1. The van der Waals surface area contributed by atoms with Crippen molar-refractivity contribution in [1.29, 1.82) is 0 Å². The highest BCUT2D eigenvalue weighted by atomic mass is 16.6. The summed E-state index contributed by atoms with van der Waals surface area (Å²) in [6.07, 6.45) is 0. The third-order valence-corrected chi connectivity index (χ3v) is 2.85. The molecule has 7 nitrogen and oxygen atoms in total. The van der Waals surface area contributed by atoms with Crippen molar-refractivity contribution in [2.24, 2.45) is 0 Å². The Morgan fingerprint density at radius 1 is 1.45 bits per heavy atom. The number of carboxylic acid groups (broad SMARTS) is 1. The van der Waals surface area contributed by atoms with E-state index in [1.165, 1.54) is 12.1 Å². The summed E-state index contributed by atoms with van der Waals surface area (Å²) in [5.41, 5.74) is 0.162. The number of hydrogen-bond donors (Lipinski definition) is 1. The molecule has 0 bridgehead atoms. The first-order chi connectivity index (χ1) is 9.51. The number of ether oxygens (including phenoxy) is 1. The zero-order chi connectivity index (χ0) is 15.1. The summed E-state index contributed by atoms with van der Waals surface area (Å²) < 4.78 is 5.25. The second kappa shape index (κ2) is 7.44. The number of nitrogens with zero attached hydrogens (tertiary/aromatic N) is 2. The van der Waals surface area contributed by atoms with E-state index >= 15 is 0 Å². The van der Waals surface area contributed by atoms with Gasteiger partial charge in [0.15, 0.2) is 0 Å². The molecule has 1 N–H and O–H groups in total. The van der Waals surface area contributed by atoms with E-state index in [1.807, 2.05) is 18.7 Å². The average Bonchev–Trinajstić information content (AvgIpc) is 2.43. The summed E-state index contributed by atoms with van der Waals surface area (Å²) in [6, 6.07) is 3.86. The summed E-state index contributed by atoms with van der Waals surface area (Å²) in [7, 11) is 0. The number of rotatable bonds is 8. The molecule has 0 saturated carbocycles. The summed E-state index contributed by atoms with van der Waals surface area (Å²) in [5, 5.41) is 19.9. The van der Waals surface area contributed by atoms with Gasteiger partial charge in [-0.2, -0.15) is 0 Å². The molecule has 20 heavy (non-hydrogen) atoms. The Morgan fingerprint density at radius 3 is 2.65 bits per heavy atom. The summed E-state index contributed by atoms with van der Waals surface area (Å²) in [5.74, 6) is -1.18. The molecule has 0 aliphatic rings. The van der Waals surface area contributed by atoms with Crippen molar-refractivity contribution in [2.75, 3.05) is 31.2 Å². The van der Waals surface area contributed by atoms with Crippen LogP contribution < -0.4 is 4.90 Å². The van der Waals surface area contributed by atoms with Gasteiger partial charge in [-0.25, -0.2) is 4.79 Å². The molecule has 0 amide bonds. The van der Waals surface area contributed by atoms with Gasteiger partial charge < -0.3 is 14.7 Å². The lowest BCUT2D eigenvalue weighted by atomic mass is 10.1. The minimum absolute atomic E-state index is 0.0717. The van der Waals surface area contributed by atoms with Gasteiger partial charge >= 0.3 is 5.97 Å². The van der Waals surface area contributed by atoms with Crippen molar-refractivity contribution in [3.63, 3.8) is 0 Å². The third kappa shape index (κ3) is 3.92. The van der Waals surface area contributed by atoms with Gasteiger partial charge in [0.05, 0.1) is 22.8 Å². The Hall–Kier alpha value is -2.15. The molecule has 0 unspecified atom stereocenters. The fourth-order valence-corrected chi connectivity index (χ4v) is 1.85. The molecular weight excluding hydrogens is 264 g/mol. The van der Waals surface area contributed by atoms with E-state index < -0.39 is 10.9 Å². The molecule has 0 aromatic heterocycles. The van der Waals surface area contributed by atoms with E-state index in [2.05, 4.69) is 0 Å². The van der Waals surface area contributed by atoms with E-state index in [-0.39, 0.29) is 11.3 Å². The quantitative estimate of drug-likeness (QED) is 0.446. The van der Waals surface area contributed by atoms with Gasteiger partial charge in [0.2, 0.25) is 0 Å². The van der Waals surface area contributed by atoms with Crippen LogP contribution in [0.3, 0.4) is 0 Å². The highest BCUT2D eigenvalue weighted by molar-refractivity contribution is 5.95. The van der Waals surface area contributed by atoms with Crippen LogP contribution in [0.25, 0.3) is 0 Å². The van der Waals surface area contributed by atoms with Crippen LogP contribution in [0, 0.1) is 10.1 Å². The van der Waals surface area contributed by atoms with Gasteiger partial charge in [-0.15, -0.1) is 0 Å². The Morgan fingerprint density at radius 2 is 2.15 bits per heavy atom. The highest BCUT2D eigenvalue weighted by Crippen LogP contribution is 2.25. The van der Waals surface area contributed by atoms with Gasteiger partial charge in [0.1, 0.15) is 0 Å². The minimum atomic E-state index is -1.18. The van der Waals surface area contributed by atoms with Crippen LogP contribution in [0.15, 0.2) is 18.2 Å². The Bertz CT molecular complexity index is 490. The van der Waals surface area contributed by atoms with Crippen molar-refractivity contribution in [1.82, 2.24) is 0 Å². The molecule has 1 aromatic carbocycles. The molecule has 1 aromatic rings. The van der Waals surface area contributed by atoms with E-state index in [1.54, 1.807) is 0 Å². The zero-order valence-electron chi connectivity index (χ0n) is 11.5. The van der Waals surface area contributed by atoms with Crippen molar-refractivity contribution in [3.05, 3.63) is 33.9 Å². The number of anilines is 1. The number of nitro benzene ring substituents is 1. The van der Waals surface area contributed by atoms with Crippen LogP contribution in [0.4, 0.5) is 11.4 Å². The number of aromatic carboxylic acids is 1. The maximum absolute atomic E-state index is 11.3. The highest BCUT2D eigenvalue weighted by Gasteiger charge is 2.19. The molecule has 0 heterocycles. The number of likely N-dealkylation sites (N-methyl/N-ethyl adjacent to an activating group) is 1. The second-order valence-electron chi connectivity index (χ2n) is 4.04. The standard InChI is InChI=1S/C13H18N2O5/c1-3-14(7-8-20-4-2)12-6-5-10(15(18)19)9-11(12)13(16)17/h5-6,9H,3-4,7-8H2,1-2H3,(H,16,17). The lowest BCUT2D eigenvalue weighted by molar-refractivity contribution is -0.384. The summed E-state index contributed by atoms with van der Waals surface area (Å²) in [6.45, 7) is 5.95. The Balaban J connectivity index is 3.07. The largest absolute Gasteiger partial charge is 0.478 e. The number of hydrogen-bond acceptors (Lipinski definition) is 5. The predicted octanol–water partition coefficient (Wildman–Crippen LogP) is 2.16. The smallest absolute Gasteiger partial charge is 0.338 e. The van der Waals surface area contributed by atoms with Crippen LogP contribution in [0.1, 0.15) is 24.2 Å². The first kappa shape index (κ1) is 15.9. The normalized spacial score (nSPS) is 10.3. The lowest BCUT2D eigenvalue weighted by Crippen LogP contribution is -2.28. The molecule has 110 valence electrons. The van der Waals surface area contributed by atoms with E-state index in [4.69, 9.17) is 4.74 Å². The van der Waals surface area contributed by atoms with Crippen molar-refractivity contribution in [2.45, 2.75) is 13.8 Å². The number of nitro groups is 1. The van der Waals surface area contributed by atoms with Crippen LogP contribution >= 0.6 is 0 Å². The average molecular weight is 282 g/mol. The molecule has 0 radical (unpaired) electrons. The maximum atomic E-state index is 11.3. The van der Waals surface area contributed by atoms with Crippen LogP contribution in [-0.2, 0) is 4.74 Å². The molecule has 0 fully saturated rings. The van der Waals surface area contributed by atoms with E-state index in [9.17, 15) is 20.0 Å². The second-order valence-corrected chi connectivity index (χ2v) is 4.04. The van der Waals surface area contributed by atoms with Gasteiger partial charge in [-0.05, 0) is 19.9 Å². The molecule has 0 aliphatic heterocycles. The first-order valence-corrected chi connectivity index (χ1v) is 6.35. The third-order valence-electron chi connectivity index (χ3n) is 2.85. The fourth-order valence-electron chi connectivity index (χ4n) is 1.85. The van der Waals surface area contributed by atoms with Crippen molar-refractivity contribution >= 4 is 17.3 Å². The van der Waals surface area contributed by atoms with Gasteiger partial charge in [0.25, 0.3) is 5.69 Å². The van der Waals surface area contributed by atoms with Gasteiger partial charge in [-0.1, -0.05) is 0 Å². The van der Waals surface area contributed by atoms with E-state index in [0.29, 0.717) is 32.0 Å². The van der Waals surface area contributed by atoms with Crippen LogP contribution in [-0.4, -0.2) is 42.3 Å². The number of carboxylic acids is 1. The summed E-state index contributed by atoms with van der Waals surface area (Å²) >= 11 is 0. The number of carbonyl (C=O) groups is 1. The molecule has 0 saturated heterocycles. The minimum Gasteiger partial charge on any atom is -0.478 e. The van der Waals surface area contributed by atoms with Gasteiger partial charge in [0, 0.05) is 31.8 Å².